The molecule has 3 aromatic rings. The third-order valence-corrected chi connectivity index (χ3v) is 7.05. The molecular weight excluding hydrogens is 493 g/mol. The average Bonchev–Trinajstić information content (AvgIpc) is 3.39. The Bertz CT molecular complexity index is 1210. The highest BCUT2D eigenvalue weighted by atomic mass is 35.5. The summed E-state index contributed by atoms with van der Waals surface area (Å²) in [6.07, 6.45) is 6.15. The van der Waals surface area contributed by atoms with Gasteiger partial charge in [0.25, 0.3) is 5.91 Å². The molecule has 0 aliphatic heterocycles. The molecule has 2 amide bonds. The Morgan fingerprint density at radius 2 is 1.81 bits per heavy atom. The molecule has 196 valence electrons. The Balaban J connectivity index is 1.40. The van der Waals surface area contributed by atoms with E-state index in [9.17, 15) is 14.0 Å². The van der Waals surface area contributed by atoms with Gasteiger partial charge in [0.15, 0.2) is 5.76 Å². The summed E-state index contributed by atoms with van der Waals surface area (Å²) in [7, 11) is 0. The van der Waals surface area contributed by atoms with Crippen LogP contribution in [0.2, 0.25) is 5.02 Å². The van der Waals surface area contributed by atoms with Crippen molar-refractivity contribution in [1.29, 1.82) is 0 Å². The SMILES string of the molecule is C[C@@H](CNc1ccccc1Cl)NC(=O)[C@H](CC1CCCCC1)NC(=O)c1ccc(-c2cccc(F)c2)o1. The van der Waals surface area contributed by atoms with Crippen molar-refractivity contribution in [2.24, 2.45) is 5.92 Å². The normalized spacial score (nSPS) is 15.5. The molecule has 3 N–H and O–H groups in total. The van der Waals surface area contributed by atoms with Crippen molar-refractivity contribution in [2.75, 3.05) is 11.9 Å². The van der Waals surface area contributed by atoms with Gasteiger partial charge in [-0.05, 0) is 55.7 Å². The van der Waals surface area contributed by atoms with E-state index in [0.29, 0.717) is 35.2 Å². The van der Waals surface area contributed by atoms with Crippen LogP contribution in [0.1, 0.15) is 56.0 Å². The lowest BCUT2D eigenvalue weighted by atomic mass is 9.84. The van der Waals surface area contributed by atoms with Crippen LogP contribution in [0.3, 0.4) is 0 Å². The predicted molar refractivity (Wildman–Crippen MR) is 144 cm³/mol. The summed E-state index contributed by atoms with van der Waals surface area (Å²) in [6, 6.07) is 15.7. The molecule has 1 aromatic heterocycles. The number of hydrogen-bond acceptors (Lipinski definition) is 4. The minimum Gasteiger partial charge on any atom is -0.451 e. The summed E-state index contributed by atoms with van der Waals surface area (Å²) >= 11 is 6.21. The second-order valence-electron chi connectivity index (χ2n) is 9.71. The lowest BCUT2D eigenvalue weighted by Gasteiger charge is -2.27. The van der Waals surface area contributed by atoms with Crippen molar-refractivity contribution in [3.63, 3.8) is 0 Å². The highest BCUT2D eigenvalue weighted by Gasteiger charge is 2.28. The zero-order chi connectivity index (χ0) is 26.2. The lowest BCUT2D eigenvalue weighted by molar-refractivity contribution is -0.124. The van der Waals surface area contributed by atoms with Crippen LogP contribution in [-0.4, -0.2) is 30.4 Å². The van der Waals surface area contributed by atoms with Gasteiger partial charge in [-0.3, -0.25) is 9.59 Å². The molecule has 0 saturated heterocycles. The molecule has 0 unspecified atom stereocenters. The standard InChI is InChI=1S/C29H33ClFN3O3/c1-19(18-32-24-13-6-5-12-23(24)30)33-28(35)25(16-20-8-3-2-4-9-20)34-29(36)27-15-14-26(37-27)21-10-7-11-22(31)17-21/h5-7,10-15,17,19-20,25,32H,2-4,8-9,16,18H2,1H3,(H,33,35)(H,34,36)/t19-,25-/m0/s1. The van der Waals surface area contributed by atoms with Crippen molar-refractivity contribution in [3.05, 3.63) is 77.3 Å². The molecule has 1 aliphatic rings. The zero-order valence-electron chi connectivity index (χ0n) is 20.9. The van der Waals surface area contributed by atoms with Crippen molar-refractivity contribution < 1.29 is 18.4 Å². The smallest absolute Gasteiger partial charge is 0.287 e. The molecule has 0 spiro atoms. The third-order valence-electron chi connectivity index (χ3n) is 6.72. The lowest BCUT2D eigenvalue weighted by Crippen LogP contribution is -2.51. The first-order valence-electron chi connectivity index (χ1n) is 12.8. The summed E-state index contributed by atoms with van der Waals surface area (Å²) in [4.78, 5) is 26.3. The fourth-order valence-electron chi connectivity index (χ4n) is 4.74. The number of amides is 2. The Morgan fingerprint density at radius 3 is 2.57 bits per heavy atom. The monoisotopic (exact) mass is 525 g/mol. The summed E-state index contributed by atoms with van der Waals surface area (Å²) in [5, 5.41) is 9.77. The molecule has 1 fully saturated rings. The number of carbonyl (C=O) groups is 2. The number of hydrogen-bond donors (Lipinski definition) is 3. The largest absolute Gasteiger partial charge is 0.451 e. The molecule has 8 heteroatoms. The Labute approximate surface area is 222 Å². The van der Waals surface area contributed by atoms with Crippen LogP contribution < -0.4 is 16.0 Å². The highest BCUT2D eigenvalue weighted by Crippen LogP contribution is 2.28. The molecule has 0 bridgehead atoms. The molecule has 1 aliphatic carbocycles. The summed E-state index contributed by atoms with van der Waals surface area (Å²) in [5.41, 5.74) is 1.33. The molecule has 1 heterocycles. The van der Waals surface area contributed by atoms with E-state index in [1.807, 2.05) is 25.1 Å². The third kappa shape index (κ3) is 7.59. The molecular formula is C29H33ClFN3O3. The number of carbonyl (C=O) groups excluding carboxylic acids is 2. The van der Waals surface area contributed by atoms with Gasteiger partial charge in [-0.25, -0.2) is 4.39 Å². The van der Waals surface area contributed by atoms with Crippen LogP contribution in [0.5, 0.6) is 0 Å². The first kappa shape index (κ1) is 26.7. The molecule has 4 rings (SSSR count). The van der Waals surface area contributed by atoms with Gasteiger partial charge in [0.05, 0.1) is 10.7 Å². The van der Waals surface area contributed by atoms with Gasteiger partial charge in [-0.15, -0.1) is 0 Å². The molecule has 2 atom stereocenters. The minimum absolute atomic E-state index is 0.0779. The van der Waals surface area contributed by atoms with Gasteiger partial charge in [0, 0.05) is 18.2 Å². The fourth-order valence-corrected chi connectivity index (χ4v) is 4.94. The van der Waals surface area contributed by atoms with E-state index in [0.717, 1.165) is 31.4 Å². The zero-order valence-corrected chi connectivity index (χ0v) is 21.7. The van der Waals surface area contributed by atoms with Gasteiger partial charge >= 0.3 is 0 Å². The van der Waals surface area contributed by atoms with Crippen LogP contribution in [0.25, 0.3) is 11.3 Å². The number of furan rings is 1. The van der Waals surface area contributed by atoms with Gasteiger partial charge < -0.3 is 20.4 Å². The fraction of sp³-hybridized carbons (Fsp3) is 0.379. The van der Waals surface area contributed by atoms with E-state index in [-0.39, 0.29) is 23.5 Å². The molecule has 37 heavy (non-hydrogen) atoms. The first-order chi connectivity index (χ1) is 17.9. The van der Waals surface area contributed by atoms with Crippen molar-refractivity contribution in [2.45, 2.75) is 57.5 Å². The van der Waals surface area contributed by atoms with E-state index in [2.05, 4.69) is 16.0 Å². The Hall–Kier alpha value is -3.32. The topological polar surface area (TPSA) is 83.4 Å². The van der Waals surface area contributed by atoms with E-state index < -0.39 is 11.9 Å². The maximum absolute atomic E-state index is 13.6. The summed E-state index contributed by atoms with van der Waals surface area (Å²) in [5.74, 6) is -0.251. The average molecular weight is 526 g/mol. The van der Waals surface area contributed by atoms with Crippen LogP contribution in [0.15, 0.2) is 65.1 Å². The summed E-state index contributed by atoms with van der Waals surface area (Å²) in [6.45, 7) is 2.38. The molecule has 1 saturated carbocycles. The summed E-state index contributed by atoms with van der Waals surface area (Å²) < 4.78 is 19.3. The van der Waals surface area contributed by atoms with Crippen LogP contribution in [0, 0.1) is 11.7 Å². The quantitative estimate of drug-likeness (QED) is 0.285. The number of para-hydroxylation sites is 1. The number of halogens is 2. The highest BCUT2D eigenvalue weighted by molar-refractivity contribution is 6.33. The van der Waals surface area contributed by atoms with Gasteiger partial charge in [-0.1, -0.05) is 68.0 Å². The minimum atomic E-state index is -0.693. The number of benzene rings is 2. The first-order valence-corrected chi connectivity index (χ1v) is 13.2. The van der Waals surface area contributed by atoms with Crippen LogP contribution >= 0.6 is 11.6 Å². The Morgan fingerprint density at radius 1 is 1.03 bits per heavy atom. The number of rotatable bonds is 10. The molecule has 6 nitrogen and oxygen atoms in total. The van der Waals surface area contributed by atoms with Crippen LogP contribution in [0.4, 0.5) is 10.1 Å². The van der Waals surface area contributed by atoms with Crippen molar-refractivity contribution in [3.8, 4) is 11.3 Å². The van der Waals surface area contributed by atoms with Gasteiger partial charge in [0.2, 0.25) is 5.91 Å². The molecule has 2 aromatic carbocycles. The van der Waals surface area contributed by atoms with Crippen molar-refractivity contribution in [1.82, 2.24) is 10.6 Å². The molecule has 0 radical (unpaired) electrons. The van der Waals surface area contributed by atoms with E-state index in [4.69, 9.17) is 16.0 Å². The predicted octanol–water partition coefficient (Wildman–Crippen LogP) is 6.42. The van der Waals surface area contributed by atoms with E-state index >= 15 is 0 Å². The maximum atomic E-state index is 13.6. The maximum Gasteiger partial charge on any atom is 0.287 e. The van der Waals surface area contributed by atoms with Gasteiger partial charge in [0.1, 0.15) is 17.6 Å². The van der Waals surface area contributed by atoms with Gasteiger partial charge in [-0.2, -0.15) is 0 Å². The number of anilines is 1. The second-order valence-corrected chi connectivity index (χ2v) is 10.1. The van der Waals surface area contributed by atoms with Crippen LogP contribution in [-0.2, 0) is 4.79 Å². The second kappa shape index (κ2) is 12.8. The van der Waals surface area contributed by atoms with E-state index in [1.54, 1.807) is 30.3 Å². The van der Waals surface area contributed by atoms with Crippen molar-refractivity contribution >= 4 is 29.1 Å². The van der Waals surface area contributed by atoms with E-state index in [1.165, 1.54) is 18.6 Å². The number of nitrogens with one attached hydrogen (secondary N) is 3. The Kier molecular flexibility index (Phi) is 9.23.